The zero-order valence-electron chi connectivity index (χ0n) is 14.1. The van der Waals surface area contributed by atoms with Crippen molar-refractivity contribution in [1.29, 1.82) is 0 Å². The fourth-order valence-corrected chi connectivity index (χ4v) is 1.22. The maximum absolute atomic E-state index is 11.5. The molecular formula is C15H23N3O4. The number of primary amides is 1. The Kier molecular flexibility index (Phi) is 8.84. The van der Waals surface area contributed by atoms with E-state index in [4.69, 9.17) is 1.41 Å². The van der Waals surface area contributed by atoms with Gasteiger partial charge in [0, 0.05) is 25.7 Å². The average Bonchev–Trinajstić information content (AvgIpc) is 2.61. The molecule has 1 aromatic carbocycles. The molecule has 0 unspecified atom stereocenters. The van der Waals surface area contributed by atoms with Crippen molar-refractivity contribution in [2.75, 3.05) is 27.2 Å². The molecule has 0 aliphatic heterocycles. The molecule has 0 spiro atoms. The third-order valence-electron chi connectivity index (χ3n) is 2.70. The molecule has 0 saturated heterocycles. The molecule has 3 amide bonds. The lowest BCUT2D eigenvalue weighted by Gasteiger charge is -2.08. The summed E-state index contributed by atoms with van der Waals surface area (Å²) >= 11 is 0. The van der Waals surface area contributed by atoms with Crippen molar-refractivity contribution in [3.8, 4) is 0 Å². The molecule has 7 heteroatoms. The Morgan fingerprint density at radius 1 is 1.32 bits per heavy atom. The second-order valence-electron chi connectivity index (χ2n) is 4.27. The van der Waals surface area contributed by atoms with Gasteiger partial charge in [-0.1, -0.05) is 18.2 Å². The highest BCUT2D eigenvalue weighted by molar-refractivity contribution is 5.94. The Bertz CT molecular complexity index is 497. The van der Waals surface area contributed by atoms with Gasteiger partial charge in [0.2, 0.25) is 0 Å². The largest absolute Gasteiger partial charge is 0.469 e. The number of carbonyl (C=O) groups excluding carboxylic acids is 3. The predicted molar refractivity (Wildman–Crippen MR) is 83.3 cm³/mol. The van der Waals surface area contributed by atoms with Gasteiger partial charge in [-0.25, -0.2) is 4.79 Å². The van der Waals surface area contributed by atoms with Crippen LogP contribution in [0.1, 0.15) is 23.7 Å². The second kappa shape index (κ2) is 11.1. The standard InChI is InChI=1S/C11H13NO3.C4H10N2O/c1-15-10(13)7-8-12-11(14)9-5-3-2-4-6-9;1-3-6(2)4(5)7/h2-6H,7-8H2,1H3,(H,12,14);3H2,1-2H3,(H2,5,7)/i/hD. The topological polar surface area (TPSA) is 102 Å². The van der Waals surface area contributed by atoms with Crippen molar-refractivity contribution >= 4 is 17.9 Å². The number of nitrogens with zero attached hydrogens (tertiary/aromatic N) is 1. The summed E-state index contributed by atoms with van der Waals surface area (Å²) in [6.45, 7) is 2.76. The number of esters is 1. The molecule has 122 valence electrons. The molecule has 0 radical (unpaired) electrons. The quantitative estimate of drug-likeness (QED) is 0.792. The summed E-state index contributed by atoms with van der Waals surface area (Å²) in [5.74, 6) is -0.511. The summed E-state index contributed by atoms with van der Waals surface area (Å²) in [5.41, 5.74) is 2.34. The maximum atomic E-state index is 11.5. The first-order valence-electron chi connectivity index (χ1n) is 7.29. The van der Waals surface area contributed by atoms with Gasteiger partial charge >= 0.3 is 12.0 Å². The van der Waals surface area contributed by atoms with Gasteiger partial charge in [0.25, 0.3) is 5.91 Å². The van der Waals surface area contributed by atoms with Gasteiger partial charge < -0.3 is 20.7 Å². The number of nitrogens with two attached hydrogens (primary N) is 1. The molecule has 0 fully saturated rings. The molecular weight excluding hydrogens is 286 g/mol. The molecule has 0 aliphatic carbocycles. The number of hydrogen-bond donors (Lipinski definition) is 2. The van der Waals surface area contributed by atoms with Crippen LogP contribution in [0.2, 0.25) is 1.41 Å². The van der Waals surface area contributed by atoms with Crippen LogP contribution in [0.25, 0.3) is 0 Å². The first kappa shape index (κ1) is 17.5. The van der Waals surface area contributed by atoms with E-state index in [9.17, 15) is 14.4 Å². The Balaban J connectivity index is 0.000000515. The molecule has 22 heavy (non-hydrogen) atoms. The van der Waals surface area contributed by atoms with Crippen LogP contribution in [0.15, 0.2) is 30.3 Å². The van der Waals surface area contributed by atoms with Crippen LogP contribution in [0.4, 0.5) is 4.79 Å². The minimum Gasteiger partial charge on any atom is -0.469 e. The molecule has 1 aromatic rings. The minimum atomic E-state index is -0.368. The fraction of sp³-hybridized carbons (Fsp3) is 0.400. The van der Waals surface area contributed by atoms with E-state index in [0.717, 1.165) is 0 Å². The Morgan fingerprint density at radius 3 is 2.41 bits per heavy atom. The smallest absolute Gasteiger partial charge is 0.314 e. The molecule has 0 heterocycles. The summed E-state index contributed by atoms with van der Waals surface area (Å²) in [7, 11) is 2.95. The van der Waals surface area contributed by atoms with Crippen LogP contribution in [0.3, 0.4) is 0 Å². The normalized spacial score (nSPS) is 9.50. The Morgan fingerprint density at radius 2 is 1.95 bits per heavy atom. The molecule has 0 aliphatic rings. The number of hydrogen-bond acceptors (Lipinski definition) is 4. The van der Waals surface area contributed by atoms with Gasteiger partial charge in [-0.3, -0.25) is 9.59 Å². The Hall–Kier alpha value is -2.57. The van der Waals surface area contributed by atoms with Crippen LogP contribution in [0.5, 0.6) is 0 Å². The average molecular weight is 310 g/mol. The predicted octanol–water partition coefficient (Wildman–Crippen LogP) is 0.996. The highest BCUT2D eigenvalue weighted by atomic mass is 16.5. The number of ether oxygens (including phenoxy) is 1. The molecule has 3 N–H and O–H groups in total. The lowest BCUT2D eigenvalue weighted by Crippen LogP contribution is -2.31. The van der Waals surface area contributed by atoms with Gasteiger partial charge in [0.05, 0.1) is 13.5 Å². The van der Waals surface area contributed by atoms with Crippen molar-refractivity contribution in [2.45, 2.75) is 13.3 Å². The summed E-state index contributed by atoms with van der Waals surface area (Å²) < 4.78 is 10.8. The third-order valence-corrected chi connectivity index (χ3v) is 2.70. The number of urea groups is 1. The lowest BCUT2D eigenvalue weighted by atomic mass is 10.2. The summed E-state index contributed by atoms with van der Waals surface area (Å²) in [5, 5.41) is 2.62. The van der Waals surface area contributed by atoms with Crippen molar-refractivity contribution in [3.05, 3.63) is 35.9 Å². The fourth-order valence-electron chi connectivity index (χ4n) is 1.22. The van der Waals surface area contributed by atoms with Crippen LogP contribution >= 0.6 is 0 Å². The van der Waals surface area contributed by atoms with E-state index in [-0.39, 0.29) is 24.3 Å². The molecule has 0 bridgehead atoms. The number of nitrogens with one attached hydrogen (secondary N) is 1. The van der Waals surface area contributed by atoms with Gasteiger partial charge in [0.15, 0.2) is 1.41 Å². The van der Waals surface area contributed by atoms with Gasteiger partial charge in [-0.2, -0.15) is 0 Å². The highest BCUT2D eigenvalue weighted by Gasteiger charge is 2.05. The number of carbonyl (C=O) groups is 3. The van der Waals surface area contributed by atoms with Crippen LogP contribution in [-0.4, -0.2) is 50.1 Å². The summed E-state index contributed by atoms with van der Waals surface area (Å²) in [4.78, 5) is 34.0. The lowest BCUT2D eigenvalue weighted by molar-refractivity contribution is -0.140. The first-order valence-corrected chi connectivity index (χ1v) is 6.79. The van der Waals surface area contributed by atoms with Gasteiger partial charge in [-0.05, 0) is 19.1 Å². The van der Waals surface area contributed by atoms with E-state index in [2.05, 4.69) is 10.1 Å². The van der Waals surface area contributed by atoms with Crippen molar-refractivity contribution in [2.24, 2.45) is 5.73 Å². The van der Waals surface area contributed by atoms with E-state index in [1.807, 2.05) is 13.0 Å². The van der Waals surface area contributed by atoms with E-state index in [1.54, 1.807) is 37.0 Å². The van der Waals surface area contributed by atoms with E-state index >= 15 is 0 Å². The van der Waals surface area contributed by atoms with Crippen LogP contribution < -0.4 is 11.0 Å². The number of amides is 3. The first-order chi connectivity index (χ1) is 11.0. The van der Waals surface area contributed by atoms with Crippen molar-refractivity contribution in [3.63, 3.8) is 0 Å². The van der Waals surface area contributed by atoms with Crippen LogP contribution in [-0.2, 0) is 9.53 Å². The zero-order valence-corrected chi connectivity index (χ0v) is 13.1. The second-order valence-corrected chi connectivity index (χ2v) is 4.27. The van der Waals surface area contributed by atoms with Crippen LogP contribution in [0, 0.1) is 0 Å². The van der Waals surface area contributed by atoms with Gasteiger partial charge in [-0.15, -0.1) is 0 Å². The molecule has 0 saturated carbocycles. The SMILES string of the molecule is COC(=O)CCNC(=O)c1ccccc1.[2H]NC(=O)N(C)CC. The maximum Gasteiger partial charge on any atom is 0.314 e. The summed E-state index contributed by atoms with van der Waals surface area (Å²) in [6.07, 6.45) is 0.190. The van der Waals surface area contributed by atoms with E-state index < -0.39 is 0 Å². The van der Waals surface area contributed by atoms with Crippen molar-refractivity contribution < 1.29 is 20.5 Å². The zero-order chi connectivity index (χ0) is 17.7. The number of rotatable bonds is 5. The number of benzene rings is 1. The van der Waals surface area contributed by atoms with Crippen molar-refractivity contribution in [1.82, 2.24) is 10.2 Å². The minimum absolute atomic E-state index is 0.181. The molecule has 7 nitrogen and oxygen atoms in total. The molecule has 0 aromatic heterocycles. The third kappa shape index (κ3) is 8.57. The highest BCUT2D eigenvalue weighted by Crippen LogP contribution is 1.97. The number of methoxy groups -OCH3 is 1. The molecule has 0 atom stereocenters. The van der Waals surface area contributed by atoms with E-state index in [0.29, 0.717) is 18.7 Å². The summed E-state index contributed by atoms with van der Waals surface area (Å²) in [6, 6.07) is 8.48. The monoisotopic (exact) mass is 310 g/mol. The Labute approximate surface area is 131 Å². The van der Waals surface area contributed by atoms with E-state index in [1.165, 1.54) is 12.0 Å². The van der Waals surface area contributed by atoms with Gasteiger partial charge in [0.1, 0.15) is 0 Å². The molecule has 1 rings (SSSR count).